The normalized spacial score (nSPS) is 19.5. The molecular formula is C27H24FN3O2S. The van der Waals surface area contributed by atoms with Gasteiger partial charge < -0.3 is 5.11 Å². The SMILES string of the molecule is O=C(O)C1CCN(Cc2ccc(-c3nc4ccc(C5(c6ccccc6)CC5)nc4s3)c(F)c2)C1. The number of thiazole rings is 1. The van der Waals surface area contributed by atoms with Gasteiger partial charge in [-0.1, -0.05) is 47.7 Å². The van der Waals surface area contributed by atoms with E-state index in [0.717, 1.165) is 41.0 Å². The van der Waals surface area contributed by atoms with Gasteiger partial charge in [0.05, 0.1) is 11.6 Å². The van der Waals surface area contributed by atoms with Gasteiger partial charge in [0.2, 0.25) is 0 Å². The fourth-order valence-electron chi connectivity index (χ4n) is 5.04. The number of nitrogens with zero attached hydrogens (tertiary/aromatic N) is 3. The zero-order valence-electron chi connectivity index (χ0n) is 18.6. The van der Waals surface area contributed by atoms with Gasteiger partial charge >= 0.3 is 5.97 Å². The number of benzene rings is 2. The molecule has 2 fully saturated rings. The molecule has 34 heavy (non-hydrogen) atoms. The number of fused-ring (bicyclic) bond motifs is 1. The Bertz CT molecular complexity index is 1380. The summed E-state index contributed by atoms with van der Waals surface area (Å²) in [5, 5.41) is 9.81. The molecule has 2 aromatic heterocycles. The van der Waals surface area contributed by atoms with E-state index >= 15 is 4.39 Å². The van der Waals surface area contributed by atoms with Crippen LogP contribution in [0.25, 0.3) is 20.9 Å². The zero-order chi connectivity index (χ0) is 23.3. The number of carbonyl (C=O) groups is 1. The topological polar surface area (TPSA) is 66.3 Å². The predicted octanol–water partition coefficient (Wildman–Crippen LogP) is 5.48. The Morgan fingerprint density at radius 3 is 2.65 bits per heavy atom. The summed E-state index contributed by atoms with van der Waals surface area (Å²) in [6.45, 7) is 1.78. The van der Waals surface area contributed by atoms with Crippen LogP contribution >= 0.6 is 11.3 Å². The molecule has 1 aliphatic heterocycles. The highest BCUT2D eigenvalue weighted by Gasteiger charge is 2.47. The monoisotopic (exact) mass is 473 g/mol. The summed E-state index contributed by atoms with van der Waals surface area (Å²) in [4.78, 5) is 23.7. The number of carboxylic acid groups (broad SMARTS) is 1. The fraction of sp³-hybridized carbons (Fsp3) is 0.296. The van der Waals surface area contributed by atoms with Crippen molar-refractivity contribution in [2.24, 2.45) is 5.92 Å². The third-order valence-electron chi connectivity index (χ3n) is 7.11. The number of hydrogen-bond donors (Lipinski definition) is 1. The van der Waals surface area contributed by atoms with E-state index in [1.165, 1.54) is 16.9 Å². The van der Waals surface area contributed by atoms with Crippen LogP contribution in [-0.2, 0) is 16.8 Å². The molecule has 1 saturated heterocycles. The summed E-state index contributed by atoms with van der Waals surface area (Å²) in [6, 6.07) is 19.8. The molecule has 5 nitrogen and oxygen atoms in total. The van der Waals surface area contributed by atoms with Gasteiger partial charge in [0, 0.05) is 24.1 Å². The second-order valence-electron chi connectivity index (χ2n) is 9.36. The van der Waals surface area contributed by atoms with Gasteiger partial charge in [-0.15, -0.1) is 0 Å². The van der Waals surface area contributed by atoms with Gasteiger partial charge in [0.25, 0.3) is 0 Å². The minimum absolute atomic E-state index is 0.0122. The molecule has 1 atom stereocenters. The molecule has 0 amide bonds. The van der Waals surface area contributed by atoms with Gasteiger partial charge in [-0.05, 0) is 61.2 Å². The maximum absolute atomic E-state index is 15.1. The van der Waals surface area contributed by atoms with Gasteiger partial charge in [-0.25, -0.2) is 14.4 Å². The van der Waals surface area contributed by atoms with Crippen molar-refractivity contribution < 1.29 is 14.3 Å². The first kappa shape index (κ1) is 21.4. The maximum atomic E-state index is 15.1. The minimum atomic E-state index is -0.756. The Kier molecular flexibility index (Phi) is 5.19. The average Bonchev–Trinajstić information content (AvgIpc) is 3.32. The summed E-state index contributed by atoms with van der Waals surface area (Å²) in [5.41, 5.74) is 4.44. The molecular weight excluding hydrogens is 449 g/mol. The largest absolute Gasteiger partial charge is 0.481 e. The van der Waals surface area contributed by atoms with Crippen LogP contribution < -0.4 is 0 Å². The van der Waals surface area contributed by atoms with Crippen molar-refractivity contribution in [3.05, 3.63) is 83.3 Å². The van der Waals surface area contributed by atoms with E-state index in [2.05, 4.69) is 40.2 Å². The van der Waals surface area contributed by atoms with E-state index in [4.69, 9.17) is 4.98 Å². The maximum Gasteiger partial charge on any atom is 0.307 e. The van der Waals surface area contributed by atoms with Crippen LogP contribution in [0, 0.1) is 11.7 Å². The Labute approximate surface area is 200 Å². The highest BCUT2D eigenvalue weighted by Crippen LogP contribution is 2.53. The lowest BCUT2D eigenvalue weighted by atomic mass is 9.92. The Balaban J connectivity index is 1.25. The van der Waals surface area contributed by atoms with E-state index in [-0.39, 0.29) is 17.2 Å². The standard InChI is InChI=1S/C27H24FN3O2S/c28-21-14-17(15-31-13-10-18(16-31)26(32)33)6-7-20(21)24-29-22-8-9-23(30-25(22)34-24)27(11-12-27)19-4-2-1-3-5-19/h1-9,14,18H,10-13,15-16H2,(H,32,33). The van der Waals surface area contributed by atoms with Gasteiger partial charge in [0.15, 0.2) is 0 Å². The lowest BCUT2D eigenvalue weighted by Crippen LogP contribution is -2.22. The molecule has 6 rings (SSSR count). The first-order valence-electron chi connectivity index (χ1n) is 11.6. The molecule has 1 N–H and O–H groups in total. The van der Waals surface area contributed by atoms with Crippen LogP contribution in [0.4, 0.5) is 4.39 Å². The quantitative estimate of drug-likeness (QED) is 0.401. The van der Waals surface area contributed by atoms with Crippen molar-refractivity contribution in [3.63, 3.8) is 0 Å². The highest BCUT2D eigenvalue weighted by molar-refractivity contribution is 7.21. The number of aliphatic carboxylic acids is 1. The van der Waals surface area contributed by atoms with Gasteiger partial charge in [-0.3, -0.25) is 9.69 Å². The molecule has 1 aliphatic carbocycles. The van der Waals surface area contributed by atoms with Crippen molar-refractivity contribution in [2.75, 3.05) is 13.1 Å². The van der Waals surface area contributed by atoms with Crippen LogP contribution in [0.3, 0.4) is 0 Å². The van der Waals surface area contributed by atoms with E-state index < -0.39 is 5.97 Å². The molecule has 7 heteroatoms. The van der Waals surface area contributed by atoms with Crippen LogP contribution in [0.5, 0.6) is 0 Å². The van der Waals surface area contributed by atoms with Crippen molar-refractivity contribution in [1.82, 2.24) is 14.9 Å². The molecule has 2 aliphatic rings. The van der Waals surface area contributed by atoms with Crippen molar-refractivity contribution >= 4 is 27.7 Å². The number of hydrogen-bond acceptors (Lipinski definition) is 5. The van der Waals surface area contributed by atoms with Crippen molar-refractivity contribution in [1.29, 1.82) is 0 Å². The Morgan fingerprint density at radius 1 is 1.12 bits per heavy atom. The Hall–Kier alpha value is -3.16. The average molecular weight is 474 g/mol. The minimum Gasteiger partial charge on any atom is -0.481 e. The molecule has 4 aromatic rings. The predicted molar refractivity (Wildman–Crippen MR) is 130 cm³/mol. The van der Waals surface area contributed by atoms with Crippen LogP contribution in [-0.4, -0.2) is 39.0 Å². The smallest absolute Gasteiger partial charge is 0.307 e. The van der Waals surface area contributed by atoms with Gasteiger partial charge in [0.1, 0.15) is 21.2 Å². The number of aromatic nitrogens is 2. The van der Waals surface area contributed by atoms with E-state index in [1.807, 2.05) is 18.2 Å². The van der Waals surface area contributed by atoms with Crippen LogP contribution in [0.15, 0.2) is 60.7 Å². The summed E-state index contributed by atoms with van der Waals surface area (Å²) >= 11 is 1.42. The van der Waals surface area contributed by atoms with E-state index in [0.29, 0.717) is 30.1 Å². The first-order chi connectivity index (χ1) is 16.5. The third-order valence-corrected chi connectivity index (χ3v) is 8.11. The molecule has 0 spiro atoms. The number of pyridine rings is 1. The number of likely N-dealkylation sites (tertiary alicyclic amines) is 1. The zero-order valence-corrected chi connectivity index (χ0v) is 19.4. The lowest BCUT2D eigenvalue weighted by Gasteiger charge is -2.15. The van der Waals surface area contributed by atoms with E-state index in [1.54, 1.807) is 12.1 Å². The number of rotatable bonds is 6. The molecule has 172 valence electrons. The molecule has 0 radical (unpaired) electrons. The molecule has 1 saturated carbocycles. The molecule has 0 bridgehead atoms. The van der Waals surface area contributed by atoms with Crippen LogP contribution in [0.2, 0.25) is 0 Å². The first-order valence-corrected chi connectivity index (χ1v) is 12.4. The second-order valence-corrected chi connectivity index (χ2v) is 10.3. The fourth-order valence-corrected chi connectivity index (χ4v) is 6.01. The molecule has 1 unspecified atom stereocenters. The Morgan fingerprint density at radius 2 is 1.94 bits per heavy atom. The summed E-state index contributed by atoms with van der Waals surface area (Å²) in [5.74, 6) is -1.40. The summed E-state index contributed by atoms with van der Waals surface area (Å²) in [6.07, 6.45) is 2.81. The number of halogens is 1. The van der Waals surface area contributed by atoms with Crippen molar-refractivity contribution in [3.8, 4) is 10.6 Å². The van der Waals surface area contributed by atoms with Crippen molar-refractivity contribution in [2.45, 2.75) is 31.2 Å². The molecule has 3 heterocycles. The summed E-state index contributed by atoms with van der Waals surface area (Å²) in [7, 11) is 0. The highest BCUT2D eigenvalue weighted by atomic mass is 32.1. The second kappa shape index (κ2) is 8.25. The number of carboxylic acids is 1. The van der Waals surface area contributed by atoms with Crippen LogP contribution in [0.1, 0.15) is 36.1 Å². The van der Waals surface area contributed by atoms with Gasteiger partial charge in [-0.2, -0.15) is 0 Å². The lowest BCUT2D eigenvalue weighted by molar-refractivity contribution is -0.141. The third kappa shape index (κ3) is 3.79. The van der Waals surface area contributed by atoms with E-state index in [9.17, 15) is 9.90 Å². The molecule has 2 aromatic carbocycles. The summed E-state index contributed by atoms with van der Waals surface area (Å²) < 4.78 is 15.1.